The highest BCUT2D eigenvalue weighted by atomic mass is 79.9. The highest BCUT2D eigenvalue weighted by molar-refractivity contribution is 9.10. The van der Waals surface area contributed by atoms with Crippen molar-refractivity contribution in [2.45, 2.75) is 19.0 Å². The summed E-state index contributed by atoms with van der Waals surface area (Å²) in [6.07, 6.45) is 2.45. The van der Waals surface area contributed by atoms with E-state index in [0.717, 1.165) is 31.9 Å². The SMILES string of the molecule is COC[C@H](N)Cc1sc2c(NCc3ccco3)snc2c1Br. The number of furan rings is 1. The number of ether oxygens (including phenoxy) is 1. The average molecular weight is 402 g/mol. The number of halogens is 1. The van der Waals surface area contributed by atoms with Crippen LogP contribution in [0.25, 0.3) is 10.2 Å². The molecule has 1 atom stereocenters. The van der Waals surface area contributed by atoms with Gasteiger partial charge in [-0.15, -0.1) is 11.3 Å². The Morgan fingerprint density at radius 2 is 2.41 bits per heavy atom. The zero-order valence-corrected chi connectivity index (χ0v) is 15.2. The van der Waals surface area contributed by atoms with Crippen LogP contribution in [0.2, 0.25) is 0 Å². The third-order valence-electron chi connectivity index (χ3n) is 3.16. The molecule has 3 aromatic rings. The van der Waals surface area contributed by atoms with E-state index in [1.165, 1.54) is 16.4 Å². The predicted molar refractivity (Wildman–Crippen MR) is 94.8 cm³/mol. The molecule has 0 saturated heterocycles. The summed E-state index contributed by atoms with van der Waals surface area (Å²) in [6.45, 7) is 1.20. The first-order chi connectivity index (χ1) is 10.7. The average Bonchev–Trinajstić information content (AvgIpc) is 3.18. The second-order valence-electron chi connectivity index (χ2n) is 4.88. The van der Waals surface area contributed by atoms with E-state index in [2.05, 4.69) is 25.6 Å². The molecule has 0 bridgehead atoms. The van der Waals surface area contributed by atoms with Gasteiger partial charge in [-0.2, -0.15) is 4.37 Å². The number of nitrogens with zero attached hydrogens (tertiary/aromatic N) is 1. The van der Waals surface area contributed by atoms with Crippen molar-refractivity contribution in [2.75, 3.05) is 19.0 Å². The summed E-state index contributed by atoms with van der Waals surface area (Å²) in [7, 11) is 1.67. The van der Waals surface area contributed by atoms with Crippen molar-refractivity contribution in [3.05, 3.63) is 33.5 Å². The summed E-state index contributed by atoms with van der Waals surface area (Å²) in [5.41, 5.74) is 7.05. The van der Waals surface area contributed by atoms with E-state index in [-0.39, 0.29) is 6.04 Å². The maximum absolute atomic E-state index is 6.05. The molecule has 3 aromatic heterocycles. The van der Waals surface area contributed by atoms with Gasteiger partial charge in [0.1, 0.15) is 16.3 Å². The van der Waals surface area contributed by atoms with Crippen LogP contribution in [0.3, 0.4) is 0 Å². The first-order valence-corrected chi connectivity index (χ1v) is 9.14. The molecule has 0 aliphatic rings. The normalized spacial score (nSPS) is 12.9. The van der Waals surface area contributed by atoms with Gasteiger partial charge in [-0.05, 0) is 39.6 Å². The van der Waals surface area contributed by atoms with Gasteiger partial charge in [-0.3, -0.25) is 0 Å². The van der Waals surface area contributed by atoms with E-state index in [9.17, 15) is 0 Å². The quantitative estimate of drug-likeness (QED) is 0.628. The number of hydrogen-bond donors (Lipinski definition) is 2. The van der Waals surface area contributed by atoms with Crippen LogP contribution >= 0.6 is 38.8 Å². The number of anilines is 1. The Morgan fingerprint density at radius 3 is 3.14 bits per heavy atom. The van der Waals surface area contributed by atoms with Gasteiger partial charge in [-0.1, -0.05) is 0 Å². The molecule has 22 heavy (non-hydrogen) atoms. The maximum Gasteiger partial charge on any atom is 0.127 e. The van der Waals surface area contributed by atoms with E-state index in [1.54, 1.807) is 24.7 Å². The molecule has 3 N–H and O–H groups in total. The Balaban J connectivity index is 1.78. The van der Waals surface area contributed by atoms with Crippen LogP contribution in [-0.4, -0.2) is 24.1 Å². The molecule has 0 spiro atoms. The van der Waals surface area contributed by atoms with Gasteiger partial charge < -0.3 is 20.2 Å². The molecule has 3 heterocycles. The first kappa shape index (κ1) is 15.9. The van der Waals surface area contributed by atoms with Crippen molar-refractivity contribution in [1.82, 2.24) is 4.37 Å². The largest absolute Gasteiger partial charge is 0.467 e. The van der Waals surface area contributed by atoms with Gasteiger partial charge in [0.2, 0.25) is 0 Å². The van der Waals surface area contributed by atoms with Gasteiger partial charge >= 0.3 is 0 Å². The molecule has 0 radical (unpaired) electrons. The number of rotatable bonds is 7. The van der Waals surface area contributed by atoms with Crippen molar-refractivity contribution < 1.29 is 9.15 Å². The Labute approximate surface area is 144 Å². The van der Waals surface area contributed by atoms with Crippen molar-refractivity contribution in [3.8, 4) is 0 Å². The standard InChI is InChI=1S/C14H16BrN3O2S2/c1-19-7-8(16)5-10-11(15)12-13(21-10)14(22-18-12)17-6-9-3-2-4-20-9/h2-4,8,17H,5-7,16H2,1H3/t8-/m1/s1. The lowest BCUT2D eigenvalue weighted by Crippen LogP contribution is -2.27. The number of fused-ring (bicyclic) bond motifs is 1. The van der Waals surface area contributed by atoms with E-state index in [0.29, 0.717) is 13.2 Å². The highest BCUT2D eigenvalue weighted by Crippen LogP contribution is 2.42. The van der Waals surface area contributed by atoms with E-state index in [1.807, 2.05) is 12.1 Å². The molecular weight excluding hydrogens is 386 g/mol. The Bertz CT molecular complexity index is 739. The maximum atomic E-state index is 6.05. The molecule has 5 nitrogen and oxygen atoms in total. The van der Waals surface area contributed by atoms with Gasteiger partial charge in [0, 0.05) is 24.4 Å². The minimum absolute atomic E-state index is 0.00717. The van der Waals surface area contributed by atoms with E-state index in [4.69, 9.17) is 14.9 Å². The van der Waals surface area contributed by atoms with Crippen LogP contribution in [0.1, 0.15) is 10.6 Å². The molecule has 0 fully saturated rings. The van der Waals surface area contributed by atoms with Crippen LogP contribution < -0.4 is 11.1 Å². The number of thiophene rings is 1. The predicted octanol–water partition coefficient (Wildman–Crippen LogP) is 3.84. The summed E-state index contributed by atoms with van der Waals surface area (Å²) in [5, 5.41) is 4.44. The van der Waals surface area contributed by atoms with Crippen LogP contribution in [0, 0.1) is 0 Å². The molecule has 8 heteroatoms. The van der Waals surface area contributed by atoms with Gasteiger partial charge in [0.05, 0.1) is 28.6 Å². The van der Waals surface area contributed by atoms with Crippen molar-refractivity contribution in [2.24, 2.45) is 5.73 Å². The zero-order chi connectivity index (χ0) is 15.5. The van der Waals surface area contributed by atoms with Crippen LogP contribution in [-0.2, 0) is 17.7 Å². The van der Waals surface area contributed by atoms with Crippen LogP contribution in [0.4, 0.5) is 5.00 Å². The Kier molecular flexibility index (Phi) is 5.14. The fraction of sp³-hybridized carbons (Fsp3) is 0.357. The van der Waals surface area contributed by atoms with Gasteiger partial charge in [0.15, 0.2) is 0 Å². The molecule has 0 aromatic carbocycles. The highest BCUT2D eigenvalue weighted by Gasteiger charge is 2.18. The Hall–Kier alpha value is -0.930. The topological polar surface area (TPSA) is 73.3 Å². The smallest absolute Gasteiger partial charge is 0.127 e. The lowest BCUT2D eigenvalue weighted by atomic mass is 10.2. The number of nitrogens with one attached hydrogen (secondary N) is 1. The minimum atomic E-state index is -0.00717. The molecular formula is C14H16BrN3O2S2. The Morgan fingerprint density at radius 1 is 1.55 bits per heavy atom. The summed E-state index contributed by atoms with van der Waals surface area (Å²) >= 11 is 6.83. The minimum Gasteiger partial charge on any atom is -0.467 e. The summed E-state index contributed by atoms with van der Waals surface area (Å²) in [4.78, 5) is 1.20. The lowest BCUT2D eigenvalue weighted by Gasteiger charge is -2.08. The number of methoxy groups -OCH3 is 1. The second-order valence-corrected chi connectivity index (χ2v) is 7.55. The second kappa shape index (κ2) is 7.10. The molecule has 0 unspecified atom stereocenters. The fourth-order valence-electron chi connectivity index (χ4n) is 2.15. The van der Waals surface area contributed by atoms with Crippen molar-refractivity contribution in [1.29, 1.82) is 0 Å². The van der Waals surface area contributed by atoms with E-state index >= 15 is 0 Å². The first-order valence-electron chi connectivity index (χ1n) is 6.76. The molecule has 0 aliphatic heterocycles. The molecule has 0 aliphatic carbocycles. The fourth-order valence-corrected chi connectivity index (χ4v) is 5.21. The molecule has 118 valence electrons. The summed E-state index contributed by atoms with van der Waals surface area (Å²) < 4.78 is 17.2. The molecule has 0 saturated carbocycles. The number of nitrogens with two attached hydrogens (primary N) is 1. The lowest BCUT2D eigenvalue weighted by molar-refractivity contribution is 0.180. The molecule has 3 rings (SSSR count). The summed E-state index contributed by atoms with van der Waals surface area (Å²) in [5.74, 6) is 0.902. The van der Waals surface area contributed by atoms with Crippen molar-refractivity contribution in [3.63, 3.8) is 0 Å². The van der Waals surface area contributed by atoms with Crippen molar-refractivity contribution >= 4 is 54.0 Å². The van der Waals surface area contributed by atoms with Gasteiger partial charge in [0.25, 0.3) is 0 Å². The van der Waals surface area contributed by atoms with Gasteiger partial charge in [-0.25, -0.2) is 0 Å². The third-order valence-corrected chi connectivity index (χ3v) is 6.43. The molecule has 0 amide bonds. The zero-order valence-electron chi connectivity index (χ0n) is 12.0. The third kappa shape index (κ3) is 3.36. The summed E-state index contributed by atoms with van der Waals surface area (Å²) in [6, 6.07) is 3.83. The van der Waals surface area contributed by atoms with Crippen LogP contribution in [0.15, 0.2) is 27.3 Å². The number of hydrogen-bond acceptors (Lipinski definition) is 7. The van der Waals surface area contributed by atoms with Crippen LogP contribution in [0.5, 0.6) is 0 Å². The van der Waals surface area contributed by atoms with E-state index < -0.39 is 0 Å². The monoisotopic (exact) mass is 401 g/mol. The number of aromatic nitrogens is 1.